The molecule has 1 fully saturated rings. The van der Waals surface area contributed by atoms with Crippen LogP contribution >= 0.6 is 0 Å². The van der Waals surface area contributed by atoms with Crippen molar-refractivity contribution in [3.05, 3.63) is 23.8 Å². The normalized spacial score (nSPS) is 21.0. The van der Waals surface area contributed by atoms with E-state index < -0.39 is 11.4 Å². The Morgan fingerprint density at radius 1 is 1.29 bits per heavy atom. The Morgan fingerprint density at radius 3 is 2.71 bits per heavy atom. The minimum Gasteiger partial charge on any atom is -0.490 e. The molecule has 5 heteroatoms. The molecule has 24 heavy (non-hydrogen) atoms. The molecule has 1 saturated heterocycles. The molecule has 0 radical (unpaired) electrons. The number of unbranched alkanes of at least 4 members (excludes halogenated alkanes) is 1. The number of ether oxygens (including phenoxy) is 2. The van der Waals surface area contributed by atoms with Gasteiger partial charge in [0.2, 0.25) is 0 Å². The predicted molar refractivity (Wildman–Crippen MR) is 93.7 cm³/mol. The second-order valence-corrected chi connectivity index (χ2v) is 6.74. The number of benzene rings is 1. The second-order valence-electron chi connectivity index (χ2n) is 6.74. The van der Waals surface area contributed by atoms with Crippen LogP contribution in [0.1, 0.15) is 45.6 Å². The molecule has 134 valence electrons. The van der Waals surface area contributed by atoms with Crippen molar-refractivity contribution in [2.24, 2.45) is 5.41 Å². The zero-order valence-electron chi connectivity index (χ0n) is 15.0. The quantitative estimate of drug-likeness (QED) is 0.699. The molecule has 0 spiro atoms. The molecular weight excluding hydrogens is 306 g/mol. The van der Waals surface area contributed by atoms with Crippen LogP contribution in [-0.4, -0.2) is 42.3 Å². The van der Waals surface area contributed by atoms with Crippen molar-refractivity contribution in [1.29, 1.82) is 0 Å². The predicted octanol–water partition coefficient (Wildman–Crippen LogP) is 3.56. The number of carboxylic acids is 1. The molecule has 0 bridgehead atoms. The molecule has 1 unspecified atom stereocenters. The monoisotopic (exact) mass is 335 g/mol. The van der Waals surface area contributed by atoms with Crippen LogP contribution in [0.2, 0.25) is 0 Å². The van der Waals surface area contributed by atoms with Gasteiger partial charge < -0.3 is 14.6 Å². The Hall–Kier alpha value is -1.75. The van der Waals surface area contributed by atoms with E-state index in [4.69, 9.17) is 9.47 Å². The largest absolute Gasteiger partial charge is 0.490 e. The van der Waals surface area contributed by atoms with Crippen molar-refractivity contribution < 1.29 is 19.4 Å². The first-order valence-electron chi connectivity index (χ1n) is 8.82. The minimum absolute atomic E-state index is 0.584. The van der Waals surface area contributed by atoms with E-state index in [9.17, 15) is 9.90 Å². The van der Waals surface area contributed by atoms with Gasteiger partial charge in [-0.2, -0.15) is 0 Å². The molecule has 5 nitrogen and oxygen atoms in total. The minimum atomic E-state index is -0.709. The van der Waals surface area contributed by atoms with Crippen molar-refractivity contribution in [2.75, 3.05) is 26.3 Å². The Kier molecular flexibility index (Phi) is 6.49. The molecule has 0 amide bonds. The molecule has 1 N–H and O–H groups in total. The zero-order chi connectivity index (χ0) is 17.6. The number of carboxylic acid groups (broad SMARTS) is 1. The van der Waals surface area contributed by atoms with Gasteiger partial charge in [-0.1, -0.05) is 19.4 Å². The molecule has 1 heterocycles. The summed E-state index contributed by atoms with van der Waals surface area (Å²) >= 11 is 0. The Balaban J connectivity index is 2.03. The summed E-state index contributed by atoms with van der Waals surface area (Å²) in [4.78, 5) is 13.6. The lowest BCUT2D eigenvalue weighted by Crippen LogP contribution is -2.31. The average Bonchev–Trinajstić information content (AvgIpc) is 2.92. The van der Waals surface area contributed by atoms with Crippen LogP contribution in [0.25, 0.3) is 0 Å². The van der Waals surface area contributed by atoms with Crippen molar-refractivity contribution >= 4 is 5.97 Å². The third-order valence-corrected chi connectivity index (χ3v) is 4.54. The lowest BCUT2D eigenvalue weighted by Gasteiger charge is -2.20. The lowest BCUT2D eigenvalue weighted by atomic mass is 9.90. The summed E-state index contributed by atoms with van der Waals surface area (Å²) < 4.78 is 11.5. The number of hydrogen-bond acceptors (Lipinski definition) is 4. The third kappa shape index (κ3) is 4.63. The van der Waals surface area contributed by atoms with E-state index >= 15 is 0 Å². The second kappa shape index (κ2) is 8.38. The Bertz CT molecular complexity index is 560. The highest BCUT2D eigenvalue weighted by molar-refractivity contribution is 5.74. The number of likely N-dealkylation sites (tertiary alicyclic amines) is 1. The highest BCUT2D eigenvalue weighted by atomic mass is 16.5. The van der Waals surface area contributed by atoms with Crippen molar-refractivity contribution in [3.8, 4) is 11.5 Å². The molecular formula is C19H29NO4. The first-order valence-corrected chi connectivity index (χ1v) is 8.82. The van der Waals surface area contributed by atoms with E-state index in [1.54, 1.807) is 0 Å². The van der Waals surface area contributed by atoms with Crippen molar-refractivity contribution in [2.45, 2.75) is 46.6 Å². The van der Waals surface area contributed by atoms with E-state index in [-0.39, 0.29) is 0 Å². The van der Waals surface area contributed by atoms with Gasteiger partial charge >= 0.3 is 5.97 Å². The first kappa shape index (κ1) is 18.6. The number of aliphatic carboxylic acids is 1. The van der Waals surface area contributed by atoms with Gasteiger partial charge in [0.15, 0.2) is 11.5 Å². The SMILES string of the molecule is CCCCOc1ccc(CN2CCC(C)(C(=O)O)C2)cc1OCC. The molecule has 1 aromatic rings. The fourth-order valence-electron chi connectivity index (χ4n) is 2.99. The van der Waals surface area contributed by atoms with Crippen LogP contribution in [-0.2, 0) is 11.3 Å². The van der Waals surface area contributed by atoms with Gasteiger partial charge in [-0.3, -0.25) is 9.69 Å². The van der Waals surface area contributed by atoms with Gasteiger partial charge in [0, 0.05) is 13.1 Å². The van der Waals surface area contributed by atoms with Crippen LogP contribution in [0.15, 0.2) is 18.2 Å². The summed E-state index contributed by atoms with van der Waals surface area (Å²) in [6.45, 7) is 9.33. The van der Waals surface area contributed by atoms with Gasteiger partial charge in [-0.15, -0.1) is 0 Å². The molecule has 0 aromatic heterocycles. The van der Waals surface area contributed by atoms with Crippen molar-refractivity contribution in [1.82, 2.24) is 4.90 Å². The fraction of sp³-hybridized carbons (Fsp3) is 0.632. The third-order valence-electron chi connectivity index (χ3n) is 4.54. The van der Waals surface area contributed by atoms with Gasteiger partial charge in [-0.25, -0.2) is 0 Å². The van der Waals surface area contributed by atoms with Gasteiger partial charge in [0.1, 0.15) is 0 Å². The van der Waals surface area contributed by atoms with Crippen LogP contribution in [0.4, 0.5) is 0 Å². The molecule has 0 saturated carbocycles. The molecule has 1 aliphatic rings. The standard InChI is InChI=1S/C19H29NO4/c1-4-6-11-24-16-8-7-15(12-17(16)23-5-2)13-20-10-9-19(3,14-20)18(21)22/h7-8,12H,4-6,9-11,13-14H2,1-3H3,(H,21,22). The molecule has 1 aliphatic heterocycles. The summed E-state index contributed by atoms with van der Waals surface area (Å²) in [6, 6.07) is 6.02. The summed E-state index contributed by atoms with van der Waals surface area (Å²) in [5.74, 6) is 0.844. The maximum atomic E-state index is 11.4. The molecule has 0 aliphatic carbocycles. The van der Waals surface area contributed by atoms with Gasteiger partial charge in [0.25, 0.3) is 0 Å². The number of hydrogen-bond donors (Lipinski definition) is 1. The van der Waals surface area contributed by atoms with E-state index in [1.165, 1.54) is 0 Å². The summed E-state index contributed by atoms with van der Waals surface area (Å²) in [6.07, 6.45) is 2.81. The van der Waals surface area contributed by atoms with Crippen LogP contribution < -0.4 is 9.47 Å². The van der Waals surface area contributed by atoms with Gasteiger partial charge in [0.05, 0.1) is 18.6 Å². The Morgan fingerprint density at radius 2 is 2.08 bits per heavy atom. The summed E-state index contributed by atoms with van der Waals surface area (Å²) in [5.41, 5.74) is 0.488. The highest BCUT2D eigenvalue weighted by Gasteiger charge is 2.40. The molecule has 2 rings (SSSR count). The maximum absolute atomic E-state index is 11.4. The first-order chi connectivity index (χ1) is 11.5. The average molecular weight is 335 g/mol. The zero-order valence-corrected chi connectivity index (χ0v) is 15.0. The van der Waals surface area contributed by atoms with E-state index in [2.05, 4.69) is 11.8 Å². The van der Waals surface area contributed by atoms with Crippen LogP contribution in [0.5, 0.6) is 11.5 Å². The topological polar surface area (TPSA) is 59.0 Å². The lowest BCUT2D eigenvalue weighted by molar-refractivity contribution is -0.147. The molecule has 1 atom stereocenters. The van der Waals surface area contributed by atoms with E-state index in [0.29, 0.717) is 26.2 Å². The van der Waals surface area contributed by atoms with E-state index in [1.807, 2.05) is 32.0 Å². The van der Waals surface area contributed by atoms with Crippen LogP contribution in [0, 0.1) is 5.41 Å². The van der Waals surface area contributed by atoms with E-state index in [0.717, 1.165) is 43.0 Å². The summed E-state index contributed by atoms with van der Waals surface area (Å²) in [5, 5.41) is 9.35. The van der Waals surface area contributed by atoms with Crippen LogP contribution in [0.3, 0.4) is 0 Å². The Labute approximate surface area is 144 Å². The van der Waals surface area contributed by atoms with Crippen molar-refractivity contribution in [3.63, 3.8) is 0 Å². The molecule has 1 aromatic carbocycles. The summed E-state index contributed by atoms with van der Waals surface area (Å²) in [7, 11) is 0. The fourth-order valence-corrected chi connectivity index (χ4v) is 2.99. The number of rotatable bonds is 9. The van der Waals surface area contributed by atoms with Gasteiger partial charge in [-0.05, 0) is 50.9 Å². The smallest absolute Gasteiger partial charge is 0.310 e. The number of nitrogens with zero attached hydrogens (tertiary/aromatic N) is 1. The number of carbonyl (C=O) groups is 1. The highest BCUT2D eigenvalue weighted by Crippen LogP contribution is 2.33. The maximum Gasteiger partial charge on any atom is 0.310 e.